The zero-order valence-electron chi connectivity index (χ0n) is 15.8. The number of amides is 1. The molecular formula is C20H30N4O2. The van der Waals surface area contributed by atoms with Crippen LogP contribution in [0.25, 0.3) is 0 Å². The summed E-state index contributed by atoms with van der Waals surface area (Å²) in [6, 6.07) is 0.510. The van der Waals surface area contributed by atoms with E-state index >= 15 is 0 Å². The van der Waals surface area contributed by atoms with Crippen LogP contribution in [-0.2, 0) is 22.7 Å². The van der Waals surface area contributed by atoms with Crippen molar-refractivity contribution in [1.82, 2.24) is 19.8 Å². The molecule has 1 aromatic rings. The van der Waals surface area contributed by atoms with E-state index in [0.717, 1.165) is 51.0 Å². The van der Waals surface area contributed by atoms with Gasteiger partial charge in [-0.15, -0.1) is 0 Å². The quantitative estimate of drug-likeness (QED) is 0.809. The highest BCUT2D eigenvalue weighted by Gasteiger charge is 2.49. The zero-order valence-corrected chi connectivity index (χ0v) is 15.8. The van der Waals surface area contributed by atoms with Crippen molar-refractivity contribution in [2.45, 2.75) is 64.1 Å². The second-order valence-electron chi connectivity index (χ2n) is 8.22. The topological polar surface area (TPSA) is 58.6 Å². The minimum absolute atomic E-state index is 0.141. The first-order valence-corrected chi connectivity index (χ1v) is 10.0. The van der Waals surface area contributed by atoms with Gasteiger partial charge in [0.05, 0.1) is 5.41 Å². The van der Waals surface area contributed by atoms with Crippen molar-refractivity contribution in [2.24, 2.45) is 5.41 Å². The molecule has 1 aromatic heterocycles. The first-order valence-electron chi connectivity index (χ1n) is 10.0. The summed E-state index contributed by atoms with van der Waals surface area (Å²) in [5.74, 6) is 1.15. The third-order valence-corrected chi connectivity index (χ3v) is 6.41. The van der Waals surface area contributed by atoms with Gasteiger partial charge in [0.1, 0.15) is 6.61 Å². The first kappa shape index (κ1) is 17.9. The molecule has 2 aliphatic heterocycles. The van der Waals surface area contributed by atoms with Crippen LogP contribution >= 0.6 is 0 Å². The first-order chi connectivity index (χ1) is 12.7. The molecule has 6 nitrogen and oxygen atoms in total. The number of piperidine rings is 1. The molecule has 1 atom stereocenters. The van der Waals surface area contributed by atoms with Gasteiger partial charge in [-0.1, -0.05) is 12.8 Å². The minimum Gasteiger partial charge on any atom is -0.377 e. The molecule has 142 valence electrons. The molecule has 4 rings (SSSR count). The Bertz CT molecular complexity index is 629. The maximum Gasteiger partial charge on any atom is 0.230 e. The Hall–Kier alpha value is -1.53. The summed E-state index contributed by atoms with van der Waals surface area (Å²) in [5, 5.41) is 0. The Morgan fingerprint density at radius 1 is 1.15 bits per heavy atom. The molecule has 3 aliphatic rings. The molecule has 0 aromatic carbocycles. The van der Waals surface area contributed by atoms with E-state index in [2.05, 4.69) is 19.8 Å². The van der Waals surface area contributed by atoms with Gasteiger partial charge in [0.25, 0.3) is 0 Å². The lowest BCUT2D eigenvalue weighted by Crippen LogP contribution is -2.53. The van der Waals surface area contributed by atoms with Crippen molar-refractivity contribution in [3.63, 3.8) is 0 Å². The Balaban J connectivity index is 1.39. The number of hydrogen-bond acceptors (Lipinski definition) is 5. The van der Waals surface area contributed by atoms with Gasteiger partial charge in [-0.2, -0.15) is 0 Å². The maximum atomic E-state index is 13.3. The Morgan fingerprint density at radius 2 is 1.92 bits per heavy atom. The van der Waals surface area contributed by atoms with E-state index in [9.17, 15) is 4.79 Å². The summed E-state index contributed by atoms with van der Waals surface area (Å²) >= 11 is 0. The summed E-state index contributed by atoms with van der Waals surface area (Å²) in [7, 11) is 1.65. The molecule has 0 unspecified atom stereocenters. The lowest BCUT2D eigenvalue weighted by atomic mass is 9.77. The van der Waals surface area contributed by atoms with Crippen LogP contribution in [0, 0.1) is 5.41 Å². The van der Waals surface area contributed by atoms with Crippen molar-refractivity contribution < 1.29 is 9.53 Å². The van der Waals surface area contributed by atoms with E-state index in [-0.39, 0.29) is 5.41 Å². The number of hydrogen-bond donors (Lipinski definition) is 0. The number of methoxy groups -OCH3 is 1. The average Bonchev–Trinajstić information content (AvgIpc) is 3.31. The second-order valence-corrected chi connectivity index (χ2v) is 8.22. The van der Waals surface area contributed by atoms with Crippen LogP contribution in [-0.4, -0.2) is 58.5 Å². The lowest BCUT2D eigenvalue weighted by molar-refractivity contribution is -0.148. The highest BCUT2D eigenvalue weighted by atomic mass is 16.5. The smallest absolute Gasteiger partial charge is 0.230 e. The molecule has 1 spiro atoms. The fraction of sp³-hybridized carbons (Fsp3) is 0.750. The van der Waals surface area contributed by atoms with Crippen LogP contribution in [0.2, 0.25) is 0 Å². The number of likely N-dealkylation sites (tertiary alicyclic amines) is 2. The molecule has 1 aliphatic carbocycles. The van der Waals surface area contributed by atoms with Gasteiger partial charge in [0.15, 0.2) is 5.82 Å². The number of nitrogens with zero attached hydrogens (tertiary/aromatic N) is 4. The molecular weight excluding hydrogens is 328 g/mol. The minimum atomic E-state index is -0.141. The van der Waals surface area contributed by atoms with E-state index in [0.29, 0.717) is 24.4 Å². The Labute approximate surface area is 155 Å². The fourth-order valence-electron chi connectivity index (χ4n) is 5.06. The zero-order chi connectivity index (χ0) is 18.0. The third kappa shape index (κ3) is 3.49. The number of aromatic nitrogens is 2. The van der Waals surface area contributed by atoms with Crippen molar-refractivity contribution >= 4 is 5.91 Å². The van der Waals surface area contributed by atoms with Gasteiger partial charge >= 0.3 is 0 Å². The van der Waals surface area contributed by atoms with Gasteiger partial charge < -0.3 is 9.64 Å². The number of ether oxygens (including phenoxy) is 1. The number of carbonyl (C=O) groups is 1. The third-order valence-electron chi connectivity index (χ3n) is 6.41. The van der Waals surface area contributed by atoms with Crippen LogP contribution in [0.15, 0.2) is 12.4 Å². The molecule has 0 N–H and O–H groups in total. The van der Waals surface area contributed by atoms with Crippen LogP contribution < -0.4 is 0 Å². The Kier molecular flexibility index (Phi) is 5.23. The molecule has 0 radical (unpaired) electrons. The lowest BCUT2D eigenvalue weighted by Gasteiger charge is -2.42. The summed E-state index contributed by atoms with van der Waals surface area (Å²) in [5.41, 5.74) is 0.968. The SMILES string of the molecule is COCc1ncc(CN2CC[C@@]3(CCCN(C4CCCC4)C3=O)C2)cn1. The van der Waals surface area contributed by atoms with E-state index in [1.807, 2.05) is 12.4 Å². The molecule has 0 bridgehead atoms. The number of rotatable bonds is 5. The summed E-state index contributed by atoms with van der Waals surface area (Å²) in [6.07, 6.45) is 12.0. The summed E-state index contributed by atoms with van der Waals surface area (Å²) in [4.78, 5) is 26.7. The predicted octanol–water partition coefficient (Wildman–Crippen LogP) is 2.38. The standard InChI is InChI=1S/C20H30N4O2/c1-26-14-18-21-11-16(12-22-18)13-23-10-8-20(15-23)7-4-9-24(19(20)25)17-5-2-3-6-17/h11-12,17H,2-10,13-15H2,1H3/t20-/m0/s1. The van der Waals surface area contributed by atoms with Crippen LogP contribution in [0.5, 0.6) is 0 Å². The summed E-state index contributed by atoms with van der Waals surface area (Å²) in [6.45, 7) is 4.11. The van der Waals surface area contributed by atoms with Crippen LogP contribution in [0.1, 0.15) is 56.3 Å². The fourth-order valence-corrected chi connectivity index (χ4v) is 5.06. The van der Waals surface area contributed by atoms with Gasteiger partial charge in [-0.05, 0) is 38.6 Å². The highest BCUT2D eigenvalue weighted by Crippen LogP contribution is 2.42. The monoisotopic (exact) mass is 358 g/mol. The van der Waals surface area contributed by atoms with E-state index in [1.165, 1.54) is 25.7 Å². The molecule has 1 amide bonds. The normalized spacial score (nSPS) is 27.7. The maximum absolute atomic E-state index is 13.3. The molecule has 3 fully saturated rings. The highest BCUT2D eigenvalue weighted by molar-refractivity contribution is 5.84. The van der Waals surface area contributed by atoms with E-state index in [1.54, 1.807) is 7.11 Å². The van der Waals surface area contributed by atoms with Crippen molar-refractivity contribution in [2.75, 3.05) is 26.7 Å². The van der Waals surface area contributed by atoms with Gasteiger partial charge in [-0.3, -0.25) is 9.69 Å². The van der Waals surface area contributed by atoms with E-state index in [4.69, 9.17) is 4.74 Å². The van der Waals surface area contributed by atoms with E-state index < -0.39 is 0 Å². The molecule has 3 heterocycles. The molecule has 2 saturated heterocycles. The van der Waals surface area contributed by atoms with Crippen molar-refractivity contribution in [3.05, 3.63) is 23.8 Å². The molecule has 26 heavy (non-hydrogen) atoms. The van der Waals surface area contributed by atoms with Gasteiger partial charge in [-0.25, -0.2) is 9.97 Å². The number of carbonyl (C=O) groups excluding carboxylic acids is 1. The Morgan fingerprint density at radius 3 is 2.65 bits per heavy atom. The van der Waals surface area contributed by atoms with Crippen LogP contribution in [0.4, 0.5) is 0 Å². The van der Waals surface area contributed by atoms with Crippen molar-refractivity contribution in [1.29, 1.82) is 0 Å². The van der Waals surface area contributed by atoms with Gasteiger partial charge in [0.2, 0.25) is 5.91 Å². The van der Waals surface area contributed by atoms with Gasteiger partial charge in [0, 0.05) is 50.7 Å². The second kappa shape index (κ2) is 7.61. The largest absolute Gasteiger partial charge is 0.377 e. The predicted molar refractivity (Wildman–Crippen MR) is 98.3 cm³/mol. The molecule has 1 saturated carbocycles. The van der Waals surface area contributed by atoms with Crippen molar-refractivity contribution in [3.8, 4) is 0 Å². The molecule has 6 heteroatoms. The summed E-state index contributed by atoms with van der Waals surface area (Å²) < 4.78 is 5.06. The van der Waals surface area contributed by atoms with Crippen LogP contribution in [0.3, 0.4) is 0 Å². The average molecular weight is 358 g/mol.